The first-order chi connectivity index (χ1) is 13.3. The number of rotatable bonds is 4. The standard InChI is InChI=1S/C20H27N5OS/c21-19(24-9-11-25(12-10-24)20-22-8-14-27-20)23-15-17-7-4-13-26-18(17)16-5-2-1-3-6-16/h1-3,5-6,8,14,17-18H,4,7,9-13,15H2,(H2,21,23). The van der Waals surface area contributed by atoms with Crippen molar-refractivity contribution in [2.24, 2.45) is 16.6 Å². The van der Waals surface area contributed by atoms with Gasteiger partial charge in [-0.3, -0.25) is 4.99 Å². The Bertz CT molecular complexity index is 728. The second-order valence-electron chi connectivity index (χ2n) is 7.09. The van der Waals surface area contributed by atoms with E-state index >= 15 is 0 Å². The fraction of sp³-hybridized carbons (Fsp3) is 0.500. The van der Waals surface area contributed by atoms with E-state index in [9.17, 15) is 0 Å². The Balaban J connectivity index is 1.34. The quantitative estimate of drug-likeness (QED) is 0.647. The third-order valence-electron chi connectivity index (χ3n) is 5.35. The zero-order valence-electron chi connectivity index (χ0n) is 15.5. The van der Waals surface area contributed by atoms with Crippen LogP contribution in [0.1, 0.15) is 24.5 Å². The molecule has 1 aromatic carbocycles. The highest BCUT2D eigenvalue weighted by atomic mass is 32.1. The second kappa shape index (κ2) is 8.71. The molecule has 7 heteroatoms. The highest BCUT2D eigenvalue weighted by molar-refractivity contribution is 7.13. The average molecular weight is 386 g/mol. The molecular weight excluding hydrogens is 358 g/mol. The van der Waals surface area contributed by atoms with Crippen molar-refractivity contribution in [3.05, 3.63) is 47.5 Å². The van der Waals surface area contributed by atoms with Crippen LogP contribution < -0.4 is 10.6 Å². The van der Waals surface area contributed by atoms with Crippen LogP contribution in [-0.4, -0.2) is 55.2 Å². The minimum absolute atomic E-state index is 0.123. The Labute approximate surface area is 164 Å². The van der Waals surface area contributed by atoms with Crippen molar-refractivity contribution < 1.29 is 4.74 Å². The van der Waals surface area contributed by atoms with Gasteiger partial charge in [-0.2, -0.15) is 0 Å². The average Bonchev–Trinajstić information content (AvgIpc) is 3.28. The van der Waals surface area contributed by atoms with E-state index in [2.05, 4.69) is 39.0 Å². The molecule has 2 fully saturated rings. The number of anilines is 1. The summed E-state index contributed by atoms with van der Waals surface area (Å²) in [4.78, 5) is 13.6. The van der Waals surface area contributed by atoms with Gasteiger partial charge in [-0.1, -0.05) is 30.3 Å². The Hall–Kier alpha value is -2.12. The van der Waals surface area contributed by atoms with Gasteiger partial charge < -0.3 is 20.3 Å². The fourth-order valence-electron chi connectivity index (χ4n) is 3.85. The first kappa shape index (κ1) is 18.3. The van der Waals surface area contributed by atoms with E-state index < -0.39 is 0 Å². The summed E-state index contributed by atoms with van der Waals surface area (Å²) in [5, 5.41) is 3.11. The van der Waals surface area contributed by atoms with Crippen LogP contribution in [-0.2, 0) is 4.74 Å². The lowest BCUT2D eigenvalue weighted by atomic mass is 9.89. The summed E-state index contributed by atoms with van der Waals surface area (Å²) in [6.45, 7) is 5.19. The van der Waals surface area contributed by atoms with Crippen LogP contribution >= 0.6 is 11.3 Å². The van der Waals surface area contributed by atoms with Crippen molar-refractivity contribution in [1.29, 1.82) is 0 Å². The van der Waals surface area contributed by atoms with Gasteiger partial charge in [0.1, 0.15) is 0 Å². The summed E-state index contributed by atoms with van der Waals surface area (Å²) in [6, 6.07) is 10.5. The van der Waals surface area contributed by atoms with Crippen LogP contribution in [0.15, 0.2) is 46.9 Å². The van der Waals surface area contributed by atoms with Crippen LogP contribution in [0.25, 0.3) is 0 Å². The van der Waals surface area contributed by atoms with Crippen LogP contribution in [0.3, 0.4) is 0 Å². The maximum atomic E-state index is 6.32. The lowest BCUT2D eigenvalue weighted by molar-refractivity contribution is -0.0250. The van der Waals surface area contributed by atoms with E-state index in [-0.39, 0.29) is 6.10 Å². The number of hydrogen-bond acceptors (Lipinski definition) is 5. The highest BCUT2D eigenvalue weighted by Crippen LogP contribution is 2.33. The molecule has 2 saturated heterocycles. The van der Waals surface area contributed by atoms with Crippen molar-refractivity contribution >= 4 is 22.4 Å². The number of guanidine groups is 1. The minimum atomic E-state index is 0.123. The van der Waals surface area contributed by atoms with Gasteiger partial charge in [-0.15, -0.1) is 11.3 Å². The summed E-state index contributed by atoms with van der Waals surface area (Å²) in [5.74, 6) is 1.04. The fourth-order valence-corrected chi connectivity index (χ4v) is 4.55. The molecule has 6 nitrogen and oxygen atoms in total. The van der Waals surface area contributed by atoms with Crippen LogP contribution in [0.2, 0.25) is 0 Å². The monoisotopic (exact) mass is 385 g/mol. The molecule has 2 aliphatic heterocycles. The van der Waals surface area contributed by atoms with Gasteiger partial charge in [0, 0.05) is 56.8 Å². The Morgan fingerprint density at radius 2 is 2.04 bits per heavy atom. The number of nitrogens with zero attached hydrogens (tertiary/aromatic N) is 4. The van der Waals surface area contributed by atoms with Crippen LogP contribution in [0, 0.1) is 5.92 Å². The van der Waals surface area contributed by atoms with Gasteiger partial charge in [0.05, 0.1) is 6.10 Å². The molecule has 0 aliphatic carbocycles. The minimum Gasteiger partial charge on any atom is -0.373 e. The van der Waals surface area contributed by atoms with Crippen LogP contribution in [0.5, 0.6) is 0 Å². The zero-order chi connectivity index (χ0) is 18.5. The zero-order valence-corrected chi connectivity index (χ0v) is 16.4. The molecule has 27 heavy (non-hydrogen) atoms. The predicted molar refractivity (Wildman–Crippen MR) is 110 cm³/mol. The molecule has 0 radical (unpaired) electrons. The topological polar surface area (TPSA) is 67.0 Å². The number of hydrogen-bond donors (Lipinski definition) is 1. The molecule has 3 heterocycles. The molecule has 2 N–H and O–H groups in total. The first-order valence-corrected chi connectivity index (χ1v) is 10.5. The second-order valence-corrected chi connectivity index (χ2v) is 7.97. The molecule has 2 atom stereocenters. The van der Waals surface area contributed by atoms with Gasteiger partial charge in [0.25, 0.3) is 0 Å². The summed E-state index contributed by atoms with van der Waals surface area (Å²) in [7, 11) is 0. The Morgan fingerprint density at radius 1 is 1.22 bits per heavy atom. The molecule has 2 aliphatic rings. The van der Waals surface area contributed by atoms with E-state index in [1.54, 1.807) is 11.3 Å². The van der Waals surface area contributed by atoms with E-state index in [4.69, 9.17) is 15.5 Å². The molecule has 0 spiro atoms. The van der Waals surface area contributed by atoms with Crippen molar-refractivity contribution in [2.45, 2.75) is 18.9 Å². The van der Waals surface area contributed by atoms with Gasteiger partial charge in [0.2, 0.25) is 0 Å². The molecule has 2 aromatic rings. The lowest BCUT2D eigenvalue weighted by Gasteiger charge is -2.35. The van der Waals surface area contributed by atoms with E-state index in [0.29, 0.717) is 11.9 Å². The Kier molecular flexibility index (Phi) is 5.89. The van der Waals surface area contributed by atoms with E-state index in [1.165, 1.54) is 5.56 Å². The number of piperazine rings is 1. The van der Waals surface area contributed by atoms with Crippen LogP contribution in [0.4, 0.5) is 5.13 Å². The third kappa shape index (κ3) is 4.42. The third-order valence-corrected chi connectivity index (χ3v) is 6.19. The number of ether oxygens (including phenoxy) is 1. The highest BCUT2D eigenvalue weighted by Gasteiger charge is 2.27. The van der Waals surface area contributed by atoms with Crippen molar-refractivity contribution in [1.82, 2.24) is 9.88 Å². The first-order valence-electron chi connectivity index (χ1n) is 9.67. The number of nitrogens with two attached hydrogens (primary N) is 1. The number of thiazole rings is 1. The largest absolute Gasteiger partial charge is 0.373 e. The summed E-state index contributed by atoms with van der Waals surface area (Å²) in [5.41, 5.74) is 7.56. The number of aliphatic imine (C=N–C) groups is 1. The van der Waals surface area contributed by atoms with Gasteiger partial charge >= 0.3 is 0 Å². The molecule has 144 valence electrons. The van der Waals surface area contributed by atoms with Gasteiger partial charge in [-0.25, -0.2) is 4.98 Å². The molecule has 1 aromatic heterocycles. The van der Waals surface area contributed by atoms with E-state index in [1.807, 2.05) is 17.6 Å². The molecular formula is C20H27N5OS. The molecule has 0 bridgehead atoms. The van der Waals surface area contributed by atoms with E-state index in [0.717, 1.165) is 57.3 Å². The lowest BCUT2D eigenvalue weighted by Crippen LogP contribution is -2.51. The van der Waals surface area contributed by atoms with Crippen molar-refractivity contribution in [2.75, 3.05) is 44.2 Å². The summed E-state index contributed by atoms with van der Waals surface area (Å²) >= 11 is 1.69. The predicted octanol–water partition coefficient (Wildman–Crippen LogP) is 2.75. The molecule has 2 unspecified atom stereocenters. The number of benzene rings is 1. The maximum Gasteiger partial charge on any atom is 0.191 e. The smallest absolute Gasteiger partial charge is 0.191 e. The van der Waals surface area contributed by atoms with Crippen molar-refractivity contribution in [3.63, 3.8) is 0 Å². The van der Waals surface area contributed by atoms with Gasteiger partial charge in [-0.05, 0) is 18.4 Å². The molecule has 0 amide bonds. The summed E-state index contributed by atoms with van der Waals surface area (Å²) < 4.78 is 6.07. The Morgan fingerprint density at radius 3 is 2.78 bits per heavy atom. The molecule has 4 rings (SSSR count). The van der Waals surface area contributed by atoms with Crippen molar-refractivity contribution in [3.8, 4) is 0 Å². The summed E-state index contributed by atoms with van der Waals surface area (Å²) in [6.07, 6.45) is 4.21. The SMILES string of the molecule is NC(=NCC1CCCOC1c1ccccc1)N1CCN(c2nccs2)CC1. The molecule has 0 saturated carbocycles. The number of aromatic nitrogens is 1. The maximum absolute atomic E-state index is 6.32. The normalized spacial score (nSPS) is 24.2. The van der Waals surface area contributed by atoms with Gasteiger partial charge in [0.15, 0.2) is 11.1 Å².